The number of nitrogens with one attached hydrogen (secondary N) is 2. The Morgan fingerprint density at radius 3 is 2.50 bits per heavy atom. The van der Waals surface area contributed by atoms with Gasteiger partial charge in [0.15, 0.2) is 0 Å². The number of benzene rings is 3. The van der Waals surface area contributed by atoms with Gasteiger partial charge >= 0.3 is 0 Å². The lowest BCUT2D eigenvalue weighted by Gasteiger charge is -2.28. The molecule has 1 aliphatic heterocycles. The van der Waals surface area contributed by atoms with Crippen molar-refractivity contribution in [2.45, 2.75) is 37.7 Å². The van der Waals surface area contributed by atoms with E-state index in [0.29, 0.717) is 22.4 Å². The molecule has 0 fully saturated rings. The standard InChI is InChI=1S/C29H28BrN5O2S/c1-17-5-6-21(18(2)15-17)16-38-29-33-28-31-19(3)25(27(36)32-23-11-13-24(37-4)14-12-23)26(35(28)34-29)20-7-9-22(30)10-8-20/h5-15,26H,16H2,1-4H3,(H,32,36)(H,31,33,34)/t26-/m1/s1. The van der Waals surface area contributed by atoms with Crippen molar-refractivity contribution in [1.82, 2.24) is 14.8 Å². The lowest BCUT2D eigenvalue weighted by atomic mass is 9.95. The van der Waals surface area contributed by atoms with Gasteiger partial charge < -0.3 is 15.4 Å². The normalized spacial score (nSPS) is 14.6. The molecular weight excluding hydrogens is 562 g/mol. The van der Waals surface area contributed by atoms with E-state index in [9.17, 15) is 4.79 Å². The number of anilines is 2. The monoisotopic (exact) mass is 589 g/mol. The summed E-state index contributed by atoms with van der Waals surface area (Å²) in [5.41, 5.74) is 6.67. The highest BCUT2D eigenvalue weighted by molar-refractivity contribution is 9.10. The largest absolute Gasteiger partial charge is 0.497 e. The zero-order valence-electron chi connectivity index (χ0n) is 21.6. The molecule has 0 saturated carbocycles. The van der Waals surface area contributed by atoms with Gasteiger partial charge in [0.25, 0.3) is 5.91 Å². The fourth-order valence-electron chi connectivity index (χ4n) is 4.46. The molecule has 1 aliphatic rings. The summed E-state index contributed by atoms with van der Waals surface area (Å²) in [6, 6.07) is 21.2. The van der Waals surface area contributed by atoms with Gasteiger partial charge in [0.05, 0.1) is 12.7 Å². The van der Waals surface area contributed by atoms with Crippen LogP contribution in [0.1, 0.15) is 35.2 Å². The molecule has 1 aromatic heterocycles. The molecule has 9 heteroatoms. The van der Waals surface area contributed by atoms with E-state index in [2.05, 4.69) is 58.6 Å². The Hall–Kier alpha value is -3.56. The van der Waals surface area contributed by atoms with E-state index in [0.717, 1.165) is 27.2 Å². The highest BCUT2D eigenvalue weighted by Gasteiger charge is 2.34. The predicted octanol–water partition coefficient (Wildman–Crippen LogP) is 6.89. The minimum absolute atomic E-state index is 0.210. The first-order valence-electron chi connectivity index (χ1n) is 12.2. The quantitative estimate of drug-likeness (QED) is 0.228. The van der Waals surface area contributed by atoms with E-state index in [-0.39, 0.29) is 5.91 Å². The molecule has 1 amide bonds. The average Bonchev–Trinajstić information content (AvgIpc) is 3.30. The van der Waals surface area contributed by atoms with Crippen LogP contribution < -0.4 is 15.4 Å². The number of methoxy groups -OCH3 is 1. The number of allylic oxidation sites excluding steroid dienone is 1. The number of aromatic nitrogens is 3. The zero-order chi connectivity index (χ0) is 26.8. The van der Waals surface area contributed by atoms with Crippen molar-refractivity contribution in [3.8, 4) is 5.75 Å². The van der Waals surface area contributed by atoms with Crippen molar-refractivity contribution >= 4 is 45.2 Å². The fourth-order valence-corrected chi connectivity index (χ4v) is 5.63. The smallest absolute Gasteiger partial charge is 0.255 e. The number of nitrogens with zero attached hydrogens (tertiary/aromatic N) is 3. The van der Waals surface area contributed by atoms with Crippen LogP contribution in [0.5, 0.6) is 5.75 Å². The third-order valence-electron chi connectivity index (χ3n) is 6.47. The predicted molar refractivity (Wildman–Crippen MR) is 156 cm³/mol. The molecule has 4 aromatic rings. The first kappa shape index (κ1) is 26.1. The molecule has 1 atom stereocenters. The number of fused-ring (bicyclic) bond motifs is 1. The van der Waals surface area contributed by atoms with Crippen molar-refractivity contribution in [3.05, 3.63) is 105 Å². The highest BCUT2D eigenvalue weighted by Crippen LogP contribution is 2.37. The van der Waals surface area contributed by atoms with Crippen LogP contribution in [-0.4, -0.2) is 27.8 Å². The van der Waals surface area contributed by atoms with Gasteiger partial charge in [0, 0.05) is 21.6 Å². The molecule has 0 unspecified atom stereocenters. The minimum atomic E-state index is -0.444. The first-order valence-corrected chi connectivity index (χ1v) is 13.9. The second kappa shape index (κ2) is 11.0. The summed E-state index contributed by atoms with van der Waals surface area (Å²) in [5.74, 6) is 1.89. The molecule has 0 bridgehead atoms. The van der Waals surface area contributed by atoms with E-state index >= 15 is 0 Å². The summed E-state index contributed by atoms with van der Waals surface area (Å²) in [7, 11) is 1.61. The third kappa shape index (κ3) is 5.49. The second-order valence-corrected chi connectivity index (χ2v) is 11.0. The summed E-state index contributed by atoms with van der Waals surface area (Å²) >= 11 is 5.10. The first-order chi connectivity index (χ1) is 18.3. The zero-order valence-corrected chi connectivity index (χ0v) is 24.0. The molecule has 0 aliphatic carbocycles. The van der Waals surface area contributed by atoms with Gasteiger partial charge in [-0.25, -0.2) is 4.68 Å². The number of carbonyl (C=O) groups excluding carboxylic acids is 1. The Labute approximate surface area is 234 Å². The Bertz CT molecular complexity index is 1510. The van der Waals surface area contributed by atoms with Crippen molar-refractivity contribution < 1.29 is 9.53 Å². The Kier molecular flexibility index (Phi) is 7.58. The van der Waals surface area contributed by atoms with Gasteiger partial charge in [-0.3, -0.25) is 4.79 Å². The summed E-state index contributed by atoms with van der Waals surface area (Å²) in [5, 5.41) is 11.8. The summed E-state index contributed by atoms with van der Waals surface area (Å²) in [6.45, 7) is 6.12. The Morgan fingerprint density at radius 1 is 1.08 bits per heavy atom. The molecule has 38 heavy (non-hydrogen) atoms. The van der Waals surface area contributed by atoms with Crippen LogP contribution in [0.2, 0.25) is 0 Å². The molecule has 194 valence electrons. The van der Waals surface area contributed by atoms with E-state index in [1.807, 2.05) is 60.1 Å². The number of hydrogen-bond donors (Lipinski definition) is 2. The highest BCUT2D eigenvalue weighted by atomic mass is 79.9. The van der Waals surface area contributed by atoms with Gasteiger partial charge in [-0.05, 0) is 73.9 Å². The number of ether oxygens (including phenoxy) is 1. The molecule has 3 aromatic carbocycles. The van der Waals surface area contributed by atoms with Crippen LogP contribution >= 0.6 is 27.7 Å². The summed E-state index contributed by atoms with van der Waals surface area (Å²) in [4.78, 5) is 18.4. The lowest BCUT2D eigenvalue weighted by Crippen LogP contribution is -2.31. The van der Waals surface area contributed by atoms with Gasteiger partial charge in [-0.15, -0.1) is 5.10 Å². The van der Waals surface area contributed by atoms with E-state index < -0.39 is 6.04 Å². The maximum absolute atomic E-state index is 13.7. The number of hydrogen-bond acceptors (Lipinski definition) is 6. The maximum Gasteiger partial charge on any atom is 0.255 e. The molecule has 7 nitrogen and oxygen atoms in total. The van der Waals surface area contributed by atoms with E-state index in [1.165, 1.54) is 16.7 Å². The molecule has 5 rings (SSSR count). The molecule has 0 spiro atoms. The van der Waals surface area contributed by atoms with Gasteiger partial charge in [-0.2, -0.15) is 4.98 Å². The Morgan fingerprint density at radius 2 is 1.82 bits per heavy atom. The van der Waals surface area contributed by atoms with Crippen molar-refractivity contribution in [2.75, 3.05) is 17.7 Å². The number of thioether (sulfide) groups is 1. The summed E-state index contributed by atoms with van der Waals surface area (Å²) in [6.07, 6.45) is 0. The number of carbonyl (C=O) groups is 1. The van der Waals surface area contributed by atoms with Crippen LogP contribution in [-0.2, 0) is 10.5 Å². The van der Waals surface area contributed by atoms with Crippen LogP contribution in [0.3, 0.4) is 0 Å². The number of amides is 1. The van der Waals surface area contributed by atoms with Crippen LogP contribution in [0, 0.1) is 13.8 Å². The molecule has 2 heterocycles. The van der Waals surface area contributed by atoms with Crippen LogP contribution in [0.15, 0.2) is 87.6 Å². The molecule has 0 radical (unpaired) electrons. The SMILES string of the molecule is COc1ccc(NC(=O)C2=C(C)Nc3nc(SCc4ccc(C)cc4C)nn3[C@@H]2c2ccc(Br)cc2)cc1. The molecule has 0 saturated heterocycles. The van der Waals surface area contributed by atoms with Crippen molar-refractivity contribution in [1.29, 1.82) is 0 Å². The van der Waals surface area contributed by atoms with Gasteiger partial charge in [-0.1, -0.05) is 63.6 Å². The number of aryl methyl sites for hydroxylation is 2. The third-order valence-corrected chi connectivity index (χ3v) is 7.88. The van der Waals surface area contributed by atoms with Crippen molar-refractivity contribution in [3.63, 3.8) is 0 Å². The van der Waals surface area contributed by atoms with E-state index in [1.54, 1.807) is 18.9 Å². The lowest BCUT2D eigenvalue weighted by molar-refractivity contribution is -0.113. The fraction of sp³-hybridized carbons (Fsp3) is 0.207. The summed E-state index contributed by atoms with van der Waals surface area (Å²) < 4.78 is 8.01. The topological polar surface area (TPSA) is 81.1 Å². The average molecular weight is 591 g/mol. The molecule has 2 N–H and O–H groups in total. The van der Waals surface area contributed by atoms with Gasteiger partial charge in [0.1, 0.15) is 11.8 Å². The Balaban J connectivity index is 1.46. The minimum Gasteiger partial charge on any atom is -0.497 e. The van der Waals surface area contributed by atoms with Crippen LogP contribution in [0.25, 0.3) is 0 Å². The number of rotatable bonds is 7. The number of halogens is 1. The molecular formula is C29H28BrN5O2S. The maximum atomic E-state index is 13.7. The van der Waals surface area contributed by atoms with Crippen LogP contribution in [0.4, 0.5) is 11.6 Å². The van der Waals surface area contributed by atoms with Crippen molar-refractivity contribution in [2.24, 2.45) is 0 Å². The second-order valence-electron chi connectivity index (χ2n) is 9.18. The van der Waals surface area contributed by atoms with Gasteiger partial charge in [0.2, 0.25) is 11.1 Å². The van der Waals surface area contributed by atoms with E-state index in [4.69, 9.17) is 14.8 Å².